The lowest BCUT2D eigenvalue weighted by atomic mass is 9.96. The van der Waals surface area contributed by atoms with Crippen molar-refractivity contribution in [1.82, 2.24) is 29.7 Å². The molecule has 5 aromatic rings. The number of halogens is 2. The highest BCUT2D eigenvalue weighted by Gasteiger charge is 2.54. The van der Waals surface area contributed by atoms with E-state index in [4.69, 9.17) is 4.98 Å². The van der Waals surface area contributed by atoms with Crippen molar-refractivity contribution in [3.05, 3.63) is 107 Å². The predicted molar refractivity (Wildman–Crippen MR) is 199 cm³/mol. The summed E-state index contributed by atoms with van der Waals surface area (Å²) in [6, 6.07) is 16.9. The molecular weight excluding hydrogens is 671 g/mol. The average Bonchev–Trinajstić information content (AvgIpc) is 3.63. The first-order valence-corrected chi connectivity index (χ1v) is 18.7. The maximum absolute atomic E-state index is 13.9. The number of nitrogens with one attached hydrogen (secondary N) is 2. The molecule has 1 saturated carbocycles. The third-order valence-corrected chi connectivity index (χ3v) is 11.7. The van der Waals surface area contributed by atoms with E-state index in [-0.39, 0.29) is 41.1 Å². The lowest BCUT2D eigenvalue weighted by Crippen LogP contribution is -2.37. The van der Waals surface area contributed by atoms with E-state index in [1.807, 2.05) is 49.4 Å². The molecule has 3 fully saturated rings. The number of imidazole rings is 2. The Morgan fingerprint density at radius 1 is 0.849 bits per heavy atom. The zero-order chi connectivity index (χ0) is 37.0. The van der Waals surface area contributed by atoms with Gasteiger partial charge in [0, 0.05) is 36.2 Å². The highest BCUT2D eigenvalue weighted by molar-refractivity contribution is 5.84. The van der Waals surface area contributed by atoms with Crippen LogP contribution in [-0.2, 0) is 9.59 Å². The molecule has 0 unspecified atom stereocenters. The van der Waals surface area contributed by atoms with Gasteiger partial charge < -0.3 is 19.8 Å². The largest absolute Gasteiger partial charge is 0.340 e. The Hall–Kier alpha value is -5.30. The highest BCUT2D eigenvalue weighted by atomic mass is 19.1. The zero-order valence-corrected chi connectivity index (χ0v) is 30.5. The third kappa shape index (κ3) is 6.85. The fourth-order valence-corrected chi connectivity index (χ4v) is 7.94. The fourth-order valence-electron chi connectivity index (χ4n) is 7.94. The summed E-state index contributed by atoms with van der Waals surface area (Å²) >= 11 is 0. The minimum absolute atomic E-state index is 0.0252. The molecule has 272 valence electrons. The summed E-state index contributed by atoms with van der Waals surface area (Å²) < 4.78 is 27.7. The van der Waals surface area contributed by atoms with Crippen LogP contribution in [0, 0.1) is 40.7 Å². The molecule has 2 saturated heterocycles. The Morgan fingerprint density at radius 2 is 1.57 bits per heavy atom. The molecule has 8 rings (SSSR count). The van der Waals surface area contributed by atoms with Gasteiger partial charge in [0.25, 0.3) is 0 Å². The van der Waals surface area contributed by atoms with Crippen LogP contribution in [0.4, 0.5) is 8.78 Å². The van der Waals surface area contributed by atoms with Crippen LogP contribution in [0.3, 0.4) is 0 Å². The van der Waals surface area contributed by atoms with Crippen LogP contribution in [-0.4, -0.2) is 54.6 Å². The van der Waals surface area contributed by atoms with Gasteiger partial charge in [-0.15, -0.1) is 0 Å². The molecule has 2 aliphatic heterocycles. The molecule has 1 spiro atoms. The summed E-state index contributed by atoms with van der Waals surface area (Å²) in [5.41, 5.74) is 5.87. The first-order valence-electron chi connectivity index (χ1n) is 18.7. The Kier molecular flexibility index (Phi) is 8.92. The second-order valence-electron chi connectivity index (χ2n) is 15.7. The van der Waals surface area contributed by atoms with E-state index in [9.17, 15) is 18.4 Å². The maximum atomic E-state index is 13.9. The number of likely N-dealkylation sites (tertiary alicyclic amines) is 2. The number of aromatic amines is 2. The summed E-state index contributed by atoms with van der Waals surface area (Å²) in [5, 5.41) is 0. The van der Waals surface area contributed by atoms with Gasteiger partial charge in [-0.3, -0.25) is 9.59 Å². The van der Waals surface area contributed by atoms with Gasteiger partial charge in [0.15, 0.2) is 0 Å². The molecule has 2 N–H and O–H groups in total. The minimum atomic E-state index is -0.695. The van der Waals surface area contributed by atoms with E-state index in [2.05, 4.69) is 45.5 Å². The molecule has 3 aliphatic rings. The molecule has 3 aromatic carbocycles. The predicted octanol–water partition coefficient (Wildman–Crippen LogP) is 8.44. The van der Waals surface area contributed by atoms with Crippen LogP contribution in [0.1, 0.15) is 106 Å². The quantitative estimate of drug-likeness (QED) is 0.165. The summed E-state index contributed by atoms with van der Waals surface area (Å²) in [4.78, 5) is 47.3. The van der Waals surface area contributed by atoms with Gasteiger partial charge in [0.1, 0.15) is 23.3 Å². The zero-order valence-electron chi connectivity index (χ0n) is 30.5. The first kappa shape index (κ1) is 34.8. The van der Waals surface area contributed by atoms with E-state index in [1.165, 1.54) is 25.0 Å². The molecule has 10 heteroatoms. The number of H-pyrrole nitrogens is 2. The van der Waals surface area contributed by atoms with Crippen LogP contribution < -0.4 is 0 Å². The van der Waals surface area contributed by atoms with Crippen LogP contribution in [0.15, 0.2) is 66.9 Å². The first-order chi connectivity index (χ1) is 25.5. The molecule has 2 amide bonds. The Balaban J connectivity index is 0.945. The normalized spacial score (nSPS) is 20.2. The van der Waals surface area contributed by atoms with Crippen molar-refractivity contribution in [1.29, 1.82) is 0 Å². The van der Waals surface area contributed by atoms with Crippen molar-refractivity contribution in [2.24, 2.45) is 17.3 Å². The number of hydrogen-bond donors (Lipinski definition) is 2. The van der Waals surface area contributed by atoms with Crippen LogP contribution in [0.5, 0.6) is 0 Å². The molecule has 2 aromatic heterocycles. The number of rotatable bonds is 7. The van der Waals surface area contributed by atoms with Gasteiger partial charge in [0.05, 0.1) is 40.9 Å². The number of carbonyl (C=O) groups is 2. The Bertz CT molecular complexity index is 2240. The van der Waals surface area contributed by atoms with Gasteiger partial charge in [-0.1, -0.05) is 44.7 Å². The van der Waals surface area contributed by atoms with E-state index in [0.717, 1.165) is 71.1 Å². The van der Waals surface area contributed by atoms with Crippen LogP contribution in [0.2, 0.25) is 0 Å². The van der Waals surface area contributed by atoms with Crippen molar-refractivity contribution < 1.29 is 18.4 Å². The lowest BCUT2D eigenvalue weighted by Gasteiger charge is -2.28. The summed E-state index contributed by atoms with van der Waals surface area (Å²) in [6.07, 6.45) is 6.66. The van der Waals surface area contributed by atoms with E-state index >= 15 is 0 Å². The number of amides is 2. The molecule has 4 heterocycles. The molecule has 8 nitrogen and oxygen atoms in total. The number of benzene rings is 3. The van der Waals surface area contributed by atoms with Crippen LogP contribution >= 0.6 is 0 Å². The second kappa shape index (κ2) is 13.6. The number of fused-ring (bicyclic) bond motifs is 1. The number of carbonyl (C=O) groups excluding carboxylic acids is 2. The van der Waals surface area contributed by atoms with E-state index in [1.54, 1.807) is 18.0 Å². The summed E-state index contributed by atoms with van der Waals surface area (Å²) in [6.45, 7) is 9.31. The van der Waals surface area contributed by atoms with Gasteiger partial charge in [-0.2, -0.15) is 0 Å². The number of aromatic nitrogens is 4. The summed E-state index contributed by atoms with van der Waals surface area (Å²) in [5.74, 6) is 6.35. The fraction of sp³-hybridized carbons (Fsp3) is 0.395. The number of nitrogens with zero attached hydrogens (tertiary/aromatic N) is 4. The molecule has 0 radical (unpaired) electrons. The smallest absolute Gasteiger partial charge is 0.230 e. The maximum Gasteiger partial charge on any atom is 0.230 e. The monoisotopic (exact) mass is 714 g/mol. The van der Waals surface area contributed by atoms with Crippen LogP contribution in [0.25, 0.3) is 22.3 Å². The molecule has 4 atom stereocenters. The molecule has 1 aliphatic carbocycles. The molecule has 53 heavy (non-hydrogen) atoms. The average molecular weight is 715 g/mol. The second-order valence-corrected chi connectivity index (χ2v) is 15.7. The van der Waals surface area contributed by atoms with E-state index < -0.39 is 17.6 Å². The Labute approximate surface area is 308 Å². The van der Waals surface area contributed by atoms with Crippen molar-refractivity contribution in [3.8, 4) is 23.1 Å². The van der Waals surface area contributed by atoms with Gasteiger partial charge >= 0.3 is 0 Å². The van der Waals surface area contributed by atoms with Crippen molar-refractivity contribution in [2.75, 3.05) is 13.1 Å². The summed E-state index contributed by atoms with van der Waals surface area (Å²) in [7, 11) is 0. The third-order valence-electron chi connectivity index (χ3n) is 11.7. The van der Waals surface area contributed by atoms with Gasteiger partial charge in [-0.05, 0) is 104 Å². The molecular formula is C43H44F2N6O2. The van der Waals surface area contributed by atoms with Crippen molar-refractivity contribution in [2.45, 2.75) is 77.8 Å². The van der Waals surface area contributed by atoms with Gasteiger partial charge in [0.2, 0.25) is 11.8 Å². The van der Waals surface area contributed by atoms with Gasteiger partial charge in [-0.25, -0.2) is 18.7 Å². The SMILES string of the molecule is CC(C)[C@H](C)C(=O)N1CC2(CC2)C[C@H]1c1nc2ccc(C#Cc3ccc(-c4cnc([C@@H]5CCCN5C(=O)[C@H](C)c5cc(F)cc(F)c5)[nH]4)cc3)cc2[nH]1. The topological polar surface area (TPSA) is 98.0 Å². The van der Waals surface area contributed by atoms with E-state index in [0.29, 0.717) is 17.9 Å². The minimum Gasteiger partial charge on any atom is -0.340 e. The van der Waals surface area contributed by atoms with Crippen molar-refractivity contribution in [3.63, 3.8) is 0 Å². The standard InChI is InChI=1S/C43H44F2N6O2/c1-25(2)26(3)41(52)51-24-43(15-16-43)22-38(51)40-47-34-14-11-29(18-35(34)48-40)8-7-28-9-12-30(13-10-28)36-23-46-39(49-36)37-6-5-17-50(37)42(53)27(4)31-19-32(44)21-33(45)20-31/h9-14,18-21,23,25-27,37-38H,5-6,15-17,22,24H2,1-4H3,(H,46,49)(H,47,48)/t26-,27+,37-,38-/m0/s1. The number of hydrogen-bond acceptors (Lipinski definition) is 4. The Morgan fingerprint density at radius 3 is 2.28 bits per heavy atom. The highest BCUT2D eigenvalue weighted by Crippen LogP contribution is 2.58. The lowest BCUT2D eigenvalue weighted by molar-refractivity contribution is -0.137. The van der Waals surface area contributed by atoms with Crippen molar-refractivity contribution >= 4 is 22.8 Å². The molecule has 0 bridgehead atoms.